The van der Waals surface area contributed by atoms with Crippen molar-refractivity contribution in [1.29, 1.82) is 0 Å². The molecule has 4 rings (SSSR count). The first-order valence-corrected chi connectivity index (χ1v) is 9.95. The average molecular weight is 418 g/mol. The van der Waals surface area contributed by atoms with E-state index >= 15 is 0 Å². The van der Waals surface area contributed by atoms with Crippen molar-refractivity contribution in [3.63, 3.8) is 0 Å². The van der Waals surface area contributed by atoms with Gasteiger partial charge in [-0.2, -0.15) is 9.50 Å². The summed E-state index contributed by atoms with van der Waals surface area (Å²) in [4.78, 5) is 35.3. The fourth-order valence-electron chi connectivity index (χ4n) is 3.49. The van der Waals surface area contributed by atoms with Gasteiger partial charge in [-0.1, -0.05) is 6.08 Å². The zero-order valence-electron chi connectivity index (χ0n) is 17.3. The Balaban J connectivity index is 1.55. The molecule has 162 valence electrons. The number of piperazine rings is 1. The van der Waals surface area contributed by atoms with E-state index in [4.69, 9.17) is 9.47 Å². The van der Waals surface area contributed by atoms with Crippen LogP contribution < -0.4 is 10.5 Å². The number of carbonyl (C=O) groups excluding carboxylic acids is 1. The molecule has 0 aromatic carbocycles. The highest BCUT2D eigenvalue weighted by molar-refractivity contribution is 5.69. The van der Waals surface area contributed by atoms with E-state index in [9.17, 15) is 14.7 Å². The molecule has 2 N–H and O–H groups in total. The van der Waals surface area contributed by atoms with Crippen molar-refractivity contribution >= 4 is 23.1 Å². The van der Waals surface area contributed by atoms with Crippen molar-refractivity contribution in [2.24, 2.45) is 0 Å². The quantitative estimate of drug-likeness (QED) is 0.739. The summed E-state index contributed by atoms with van der Waals surface area (Å²) in [5.41, 5.74) is 0.00594. The molecule has 0 atom stereocenters. The Morgan fingerprint density at radius 1 is 1.27 bits per heavy atom. The molecule has 1 fully saturated rings. The molecule has 2 aliphatic rings. The van der Waals surface area contributed by atoms with Gasteiger partial charge >= 0.3 is 6.09 Å². The first kappa shape index (κ1) is 20.2. The van der Waals surface area contributed by atoms with Crippen LogP contribution in [0.2, 0.25) is 0 Å². The Morgan fingerprint density at radius 3 is 2.63 bits per heavy atom. The smallest absolute Gasteiger partial charge is 0.410 e. The monoisotopic (exact) mass is 418 g/mol. The molecule has 11 nitrogen and oxygen atoms in total. The molecule has 0 saturated carbocycles. The van der Waals surface area contributed by atoms with Crippen LogP contribution in [0.3, 0.4) is 0 Å². The van der Waals surface area contributed by atoms with E-state index < -0.39 is 11.2 Å². The van der Waals surface area contributed by atoms with Gasteiger partial charge in [-0.3, -0.25) is 9.78 Å². The van der Waals surface area contributed by atoms with Gasteiger partial charge in [-0.05, 0) is 32.8 Å². The van der Waals surface area contributed by atoms with E-state index in [-0.39, 0.29) is 23.4 Å². The molecular weight excluding hydrogens is 392 g/mol. The van der Waals surface area contributed by atoms with Crippen LogP contribution in [0.15, 0.2) is 10.9 Å². The number of carbonyl (C=O) groups is 1. The lowest BCUT2D eigenvalue weighted by Crippen LogP contribution is -2.51. The van der Waals surface area contributed by atoms with Crippen molar-refractivity contribution < 1.29 is 19.4 Å². The van der Waals surface area contributed by atoms with Crippen LogP contribution in [0.4, 0.5) is 10.5 Å². The molecule has 1 amide bonds. The van der Waals surface area contributed by atoms with Crippen LogP contribution in [0.1, 0.15) is 33.0 Å². The van der Waals surface area contributed by atoms with E-state index in [1.807, 2.05) is 26.8 Å². The number of aromatic amines is 1. The second-order valence-corrected chi connectivity index (χ2v) is 8.31. The van der Waals surface area contributed by atoms with Crippen LogP contribution in [0, 0.1) is 0 Å². The summed E-state index contributed by atoms with van der Waals surface area (Å²) >= 11 is 0. The van der Waals surface area contributed by atoms with Gasteiger partial charge in [-0.15, -0.1) is 5.10 Å². The molecule has 2 aromatic heterocycles. The van der Waals surface area contributed by atoms with Gasteiger partial charge in [-0.25, -0.2) is 4.79 Å². The number of hydrogen-bond acceptors (Lipinski definition) is 8. The van der Waals surface area contributed by atoms with E-state index in [0.717, 1.165) is 5.57 Å². The number of H-pyrrole nitrogens is 1. The van der Waals surface area contributed by atoms with Gasteiger partial charge in [0.1, 0.15) is 5.60 Å². The Bertz CT molecular complexity index is 1040. The fourth-order valence-corrected chi connectivity index (χ4v) is 3.49. The summed E-state index contributed by atoms with van der Waals surface area (Å²) in [5.74, 6) is 0.359. The molecule has 0 spiro atoms. The number of anilines is 1. The summed E-state index contributed by atoms with van der Waals surface area (Å²) in [7, 11) is 0. The predicted molar refractivity (Wildman–Crippen MR) is 109 cm³/mol. The van der Waals surface area contributed by atoms with Crippen molar-refractivity contribution in [1.82, 2.24) is 24.5 Å². The van der Waals surface area contributed by atoms with Crippen molar-refractivity contribution in [3.8, 4) is 5.88 Å². The third kappa shape index (κ3) is 3.97. The standard InChI is InChI=1S/C19H26N6O5/c1-19(2,3)30-18(28)24-8-6-23(7-9-24)13-15(26)21-17-20-14(22-25(17)16(13)27)12-4-10-29-11-5-12/h4,27H,5-11H2,1-3H3,(H,20,21,22,26). The summed E-state index contributed by atoms with van der Waals surface area (Å²) in [6.45, 7) is 8.03. The minimum absolute atomic E-state index is 0.115. The van der Waals surface area contributed by atoms with E-state index in [2.05, 4.69) is 15.1 Å². The van der Waals surface area contributed by atoms with Crippen molar-refractivity contribution in [2.75, 3.05) is 44.3 Å². The van der Waals surface area contributed by atoms with Crippen LogP contribution in [0.25, 0.3) is 11.4 Å². The predicted octanol–water partition coefficient (Wildman–Crippen LogP) is 0.984. The normalized spacial score (nSPS) is 17.9. The lowest BCUT2D eigenvalue weighted by Gasteiger charge is -2.36. The molecule has 2 aromatic rings. The number of aromatic hydroxyl groups is 1. The van der Waals surface area contributed by atoms with Crippen LogP contribution in [0.5, 0.6) is 5.88 Å². The maximum atomic E-state index is 12.7. The molecule has 1 saturated heterocycles. The van der Waals surface area contributed by atoms with Crippen molar-refractivity contribution in [2.45, 2.75) is 32.8 Å². The number of hydrogen-bond donors (Lipinski definition) is 2. The number of aromatic nitrogens is 4. The number of rotatable bonds is 2. The number of fused-ring (bicyclic) bond motifs is 1. The molecule has 4 heterocycles. The highest BCUT2D eigenvalue weighted by Crippen LogP contribution is 2.26. The van der Waals surface area contributed by atoms with E-state index in [1.165, 1.54) is 4.52 Å². The van der Waals surface area contributed by atoms with Gasteiger partial charge in [0.15, 0.2) is 11.5 Å². The van der Waals surface area contributed by atoms with Crippen LogP contribution in [-0.4, -0.2) is 80.7 Å². The lowest BCUT2D eigenvalue weighted by molar-refractivity contribution is 0.0240. The maximum Gasteiger partial charge on any atom is 0.410 e. The molecule has 2 aliphatic heterocycles. The molecule has 0 aliphatic carbocycles. The lowest BCUT2D eigenvalue weighted by atomic mass is 10.1. The highest BCUT2D eigenvalue weighted by atomic mass is 16.6. The SMILES string of the molecule is CC(C)(C)OC(=O)N1CCN(c2c(O)n3nc(C4=CCOCC4)nc3[nH]c2=O)CC1. The Kier molecular flexibility index (Phi) is 5.14. The minimum atomic E-state index is -0.570. The summed E-state index contributed by atoms with van der Waals surface area (Å²) in [6, 6.07) is 0. The third-order valence-electron chi connectivity index (χ3n) is 4.96. The van der Waals surface area contributed by atoms with Gasteiger partial charge < -0.3 is 24.4 Å². The minimum Gasteiger partial charge on any atom is -0.492 e. The van der Waals surface area contributed by atoms with E-state index in [1.54, 1.807) is 9.80 Å². The Hall–Kier alpha value is -3.08. The highest BCUT2D eigenvalue weighted by Gasteiger charge is 2.29. The van der Waals surface area contributed by atoms with E-state index in [0.29, 0.717) is 51.6 Å². The summed E-state index contributed by atoms with van der Waals surface area (Å²) < 4.78 is 11.9. The summed E-state index contributed by atoms with van der Waals surface area (Å²) in [6.07, 6.45) is 2.17. The first-order chi connectivity index (χ1) is 14.2. The number of ether oxygens (including phenoxy) is 2. The molecule has 11 heteroatoms. The molecule has 0 bridgehead atoms. The second kappa shape index (κ2) is 7.63. The van der Waals surface area contributed by atoms with Gasteiger partial charge in [0.2, 0.25) is 11.7 Å². The average Bonchev–Trinajstić information content (AvgIpc) is 3.12. The molecule has 0 unspecified atom stereocenters. The zero-order valence-corrected chi connectivity index (χ0v) is 17.3. The van der Waals surface area contributed by atoms with Gasteiger partial charge in [0.05, 0.1) is 13.2 Å². The van der Waals surface area contributed by atoms with Crippen LogP contribution >= 0.6 is 0 Å². The topological polar surface area (TPSA) is 125 Å². The largest absolute Gasteiger partial charge is 0.492 e. The second-order valence-electron chi connectivity index (χ2n) is 8.31. The molecule has 0 radical (unpaired) electrons. The number of nitrogens with zero attached hydrogens (tertiary/aromatic N) is 5. The Labute approximate surface area is 172 Å². The first-order valence-electron chi connectivity index (χ1n) is 9.95. The molecular formula is C19H26N6O5. The Morgan fingerprint density at radius 2 is 2.00 bits per heavy atom. The van der Waals surface area contributed by atoms with Gasteiger partial charge in [0.25, 0.3) is 5.56 Å². The van der Waals surface area contributed by atoms with Crippen molar-refractivity contribution in [3.05, 3.63) is 22.3 Å². The third-order valence-corrected chi connectivity index (χ3v) is 4.96. The number of amides is 1. The number of nitrogens with one attached hydrogen (secondary N) is 1. The molecule has 30 heavy (non-hydrogen) atoms. The summed E-state index contributed by atoms with van der Waals surface area (Å²) in [5, 5.41) is 15.1. The fraction of sp³-hybridized carbons (Fsp3) is 0.579. The van der Waals surface area contributed by atoms with Gasteiger partial charge in [0, 0.05) is 26.2 Å². The van der Waals surface area contributed by atoms with Crippen LogP contribution in [-0.2, 0) is 9.47 Å². The zero-order chi connectivity index (χ0) is 21.5. The maximum absolute atomic E-state index is 12.7.